The van der Waals surface area contributed by atoms with Crippen molar-refractivity contribution in [3.05, 3.63) is 29.6 Å². The van der Waals surface area contributed by atoms with Crippen LogP contribution in [0.5, 0.6) is 0 Å². The summed E-state index contributed by atoms with van der Waals surface area (Å²) in [4.78, 5) is 22.7. The summed E-state index contributed by atoms with van der Waals surface area (Å²) in [6, 6.07) is 3.49. The fourth-order valence-electron chi connectivity index (χ4n) is 2.10. The van der Waals surface area contributed by atoms with Crippen molar-refractivity contribution in [1.82, 2.24) is 0 Å². The number of carbonyl (C=O) groups excluding carboxylic acids is 1. The molecule has 1 unspecified atom stereocenters. The van der Waals surface area contributed by atoms with E-state index < -0.39 is 23.2 Å². The maximum Gasteiger partial charge on any atom is 0.329 e. The van der Waals surface area contributed by atoms with Gasteiger partial charge in [0.2, 0.25) is 0 Å². The van der Waals surface area contributed by atoms with Gasteiger partial charge in [-0.2, -0.15) is 0 Å². The zero-order valence-corrected chi connectivity index (χ0v) is 10.4. The van der Waals surface area contributed by atoms with Crippen molar-refractivity contribution in [2.75, 3.05) is 5.32 Å². The molecular weight excluding hydrogens is 251 g/mol. The Bertz CT molecular complexity index is 543. The Morgan fingerprint density at radius 1 is 1.47 bits per heavy atom. The largest absolute Gasteiger partial charge is 0.480 e. The third-order valence-corrected chi connectivity index (χ3v) is 3.48. The molecule has 1 atom stereocenters. The first-order valence-electron chi connectivity index (χ1n) is 5.95. The van der Waals surface area contributed by atoms with Crippen molar-refractivity contribution in [1.29, 1.82) is 0 Å². The highest BCUT2D eigenvalue weighted by Crippen LogP contribution is 2.42. The second kappa shape index (κ2) is 4.53. The minimum atomic E-state index is -1.18. The molecule has 6 heteroatoms. The average Bonchev–Trinajstić information content (AvgIpc) is 3.15. The molecule has 19 heavy (non-hydrogen) atoms. The van der Waals surface area contributed by atoms with Crippen molar-refractivity contribution >= 4 is 17.6 Å². The maximum atomic E-state index is 13.1. The van der Waals surface area contributed by atoms with Crippen LogP contribution in [0.2, 0.25) is 0 Å². The van der Waals surface area contributed by atoms with Crippen LogP contribution in [-0.4, -0.2) is 22.5 Å². The Morgan fingerprint density at radius 3 is 2.58 bits per heavy atom. The molecule has 1 aromatic carbocycles. The van der Waals surface area contributed by atoms with E-state index in [9.17, 15) is 19.1 Å². The van der Waals surface area contributed by atoms with Gasteiger partial charge in [0.15, 0.2) is 0 Å². The van der Waals surface area contributed by atoms with E-state index in [2.05, 4.69) is 5.32 Å². The predicted octanol–water partition coefficient (Wildman–Crippen LogP) is 1.59. The van der Waals surface area contributed by atoms with E-state index in [1.807, 2.05) is 0 Å². The molecule has 0 saturated heterocycles. The van der Waals surface area contributed by atoms with Gasteiger partial charge >= 0.3 is 5.97 Å². The number of carboxylic acid groups (broad SMARTS) is 1. The fourth-order valence-corrected chi connectivity index (χ4v) is 2.10. The number of benzene rings is 1. The molecule has 0 heterocycles. The second-order valence-corrected chi connectivity index (χ2v) is 4.96. The topological polar surface area (TPSA) is 92.4 Å². The lowest BCUT2D eigenvalue weighted by molar-refractivity contribution is -0.142. The number of rotatable bonds is 5. The SMILES string of the molecule is CC(Nc1ccc(F)cc1C(N)=O)(C(=O)O)C1CC1. The van der Waals surface area contributed by atoms with Gasteiger partial charge in [-0.05, 0) is 43.9 Å². The first-order valence-corrected chi connectivity index (χ1v) is 5.95. The number of amides is 1. The summed E-state index contributed by atoms with van der Waals surface area (Å²) in [5, 5.41) is 12.2. The van der Waals surface area contributed by atoms with Gasteiger partial charge in [0, 0.05) is 5.69 Å². The molecular formula is C13H15FN2O3. The minimum absolute atomic E-state index is 0.00391. The Labute approximate surface area is 109 Å². The van der Waals surface area contributed by atoms with Gasteiger partial charge in [0.05, 0.1) is 5.56 Å². The Balaban J connectivity index is 2.37. The smallest absolute Gasteiger partial charge is 0.329 e. The maximum absolute atomic E-state index is 13.1. The van der Waals surface area contributed by atoms with Gasteiger partial charge in [-0.1, -0.05) is 0 Å². The number of aliphatic carboxylic acids is 1. The Hall–Kier alpha value is -2.11. The van der Waals surface area contributed by atoms with Crippen LogP contribution >= 0.6 is 0 Å². The van der Waals surface area contributed by atoms with Crippen LogP contribution in [0, 0.1) is 11.7 Å². The highest BCUT2D eigenvalue weighted by molar-refractivity contribution is 5.99. The van der Waals surface area contributed by atoms with E-state index in [1.54, 1.807) is 6.92 Å². The highest BCUT2D eigenvalue weighted by atomic mass is 19.1. The highest BCUT2D eigenvalue weighted by Gasteiger charge is 2.47. The van der Waals surface area contributed by atoms with Crippen LogP contribution < -0.4 is 11.1 Å². The van der Waals surface area contributed by atoms with Gasteiger partial charge in [0.25, 0.3) is 5.91 Å². The molecule has 1 aliphatic rings. The van der Waals surface area contributed by atoms with Crippen LogP contribution in [0.4, 0.5) is 10.1 Å². The molecule has 102 valence electrons. The molecule has 1 amide bonds. The van der Waals surface area contributed by atoms with Gasteiger partial charge in [-0.15, -0.1) is 0 Å². The number of carboxylic acids is 1. The summed E-state index contributed by atoms with van der Waals surface area (Å²) in [5.74, 6) is -2.40. The molecule has 1 aromatic rings. The molecule has 0 aliphatic heterocycles. The molecule has 1 aliphatic carbocycles. The number of nitrogens with one attached hydrogen (secondary N) is 1. The van der Waals surface area contributed by atoms with Crippen LogP contribution in [0.3, 0.4) is 0 Å². The molecule has 1 saturated carbocycles. The number of carbonyl (C=O) groups is 2. The Kier molecular flexibility index (Phi) is 3.18. The fraction of sp³-hybridized carbons (Fsp3) is 0.385. The van der Waals surface area contributed by atoms with Crippen molar-refractivity contribution in [3.8, 4) is 0 Å². The molecule has 0 spiro atoms. The first kappa shape index (κ1) is 13.3. The zero-order chi connectivity index (χ0) is 14.2. The molecule has 2 rings (SSSR count). The lowest BCUT2D eigenvalue weighted by atomic mass is 9.95. The summed E-state index contributed by atoms with van der Waals surface area (Å²) in [7, 11) is 0. The minimum Gasteiger partial charge on any atom is -0.480 e. The van der Waals surface area contributed by atoms with Crippen molar-refractivity contribution in [2.24, 2.45) is 11.7 Å². The number of nitrogens with two attached hydrogens (primary N) is 1. The molecule has 4 N–H and O–H groups in total. The normalized spacial score (nSPS) is 17.6. The summed E-state index contributed by atoms with van der Waals surface area (Å²) >= 11 is 0. The first-order chi connectivity index (χ1) is 8.84. The van der Waals surface area contributed by atoms with E-state index in [0.717, 1.165) is 25.0 Å². The van der Waals surface area contributed by atoms with E-state index in [4.69, 9.17) is 5.73 Å². The van der Waals surface area contributed by atoms with Crippen molar-refractivity contribution in [2.45, 2.75) is 25.3 Å². The second-order valence-electron chi connectivity index (χ2n) is 4.96. The Morgan fingerprint density at radius 2 is 2.11 bits per heavy atom. The molecule has 0 radical (unpaired) electrons. The number of anilines is 1. The van der Waals surface area contributed by atoms with Gasteiger partial charge in [0.1, 0.15) is 11.4 Å². The van der Waals surface area contributed by atoms with Crippen LogP contribution in [-0.2, 0) is 4.79 Å². The average molecular weight is 266 g/mol. The van der Waals surface area contributed by atoms with E-state index in [-0.39, 0.29) is 17.2 Å². The number of halogens is 1. The van der Waals surface area contributed by atoms with Gasteiger partial charge in [-0.3, -0.25) is 4.79 Å². The third-order valence-electron chi connectivity index (χ3n) is 3.48. The van der Waals surface area contributed by atoms with Crippen LogP contribution in [0.25, 0.3) is 0 Å². The molecule has 5 nitrogen and oxygen atoms in total. The summed E-state index contributed by atoms with van der Waals surface area (Å²) < 4.78 is 13.1. The van der Waals surface area contributed by atoms with Gasteiger partial charge in [-0.25, -0.2) is 9.18 Å². The predicted molar refractivity (Wildman–Crippen MR) is 67.3 cm³/mol. The monoisotopic (exact) mass is 266 g/mol. The summed E-state index contributed by atoms with van der Waals surface area (Å²) in [6.45, 7) is 1.56. The van der Waals surface area contributed by atoms with Crippen molar-refractivity contribution < 1.29 is 19.1 Å². The molecule has 1 fully saturated rings. The number of primary amides is 1. The summed E-state index contributed by atoms with van der Waals surface area (Å²) in [5.41, 5.74) is 4.19. The number of hydrogen-bond acceptors (Lipinski definition) is 3. The molecule has 0 aromatic heterocycles. The van der Waals surface area contributed by atoms with Crippen LogP contribution in [0.15, 0.2) is 18.2 Å². The van der Waals surface area contributed by atoms with E-state index in [0.29, 0.717) is 0 Å². The van der Waals surface area contributed by atoms with E-state index >= 15 is 0 Å². The number of hydrogen-bond donors (Lipinski definition) is 3. The lowest BCUT2D eigenvalue weighted by Crippen LogP contribution is -2.46. The lowest BCUT2D eigenvalue weighted by Gasteiger charge is -2.28. The van der Waals surface area contributed by atoms with Crippen molar-refractivity contribution in [3.63, 3.8) is 0 Å². The summed E-state index contributed by atoms with van der Waals surface area (Å²) in [6.07, 6.45) is 1.62. The van der Waals surface area contributed by atoms with Crippen LogP contribution in [0.1, 0.15) is 30.1 Å². The van der Waals surface area contributed by atoms with Gasteiger partial charge < -0.3 is 16.2 Å². The standard InChI is InChI=1S/C13H15FN2O3/c1-13(12(18)19,7-2-3-7)16-10-5-4-8(14)6-9(10)11(15)17/h4-7,16H,2-3H2,1H3,(H2,15,17)(H,18,19). The van der Waals surface area contributed by atoms with E-state index in [1.165, 1.54) is 6.07 Å². The quantitative estimate of drug-likeness (QED) is 0.754. The zero-order valence-electron chi connectivity index (χ0n) is 10.4. The third kappa shape index (κ3) is 2.52. The molecule has 0 bridgehead atoms.